The van der Waals surface area contributed by atoms with Crippen LogP contribution in [-0.2, 0) is 0 Å². The minimum atomic E-state index is 0.680. The Labute approximate surface area is 125 Å². The van der Waals surface area contributed by atoms with E-state index >= 15 is 0 Å². The highest BCUT2D eigenvalue weighted by Crippen LogP contribution is 2.34. The second kappa shape index (κ2) is 5.00. The Bertz CT molecular complexity index is 949. The van der Waals surface area contributed by atoms with Gasteiger partial charge in [-0.3, -0.25) is 9.97 Å². The van der Waals surface area contributed by atoms with E-state index < -0.39 is 0 Å². The Morgan fingerprint density at radius 1 is 0.955 bits per heavy atom. The molecule has 0 aliphatic heterocycles. The highest BCUT2D eigenvalue weighted by atomic mass is 16.5. The van der Waals surface area contributed by atoms with Crippen LogP contribution in [0.1, 0.15) is 5.69 Å². The van der Waals surface area contributed by atoms with Crippen LogP contribution >= 0.6 is 0 Å². The first-order chi connectivity index (χ1) is 10.8. The predicted octanol–water partition coefficient (Wildman–Crippen LogP) is 3.05. The third kappa shape index (κ3) is 1.93. The van der Waals surface area contributed by atoms with E-state index in [0.717, 1.165) is 22.2 Å². The summed E-state index contributed by atoms with van der Waals surface area (Å²) in [7, 11) is 0. The zero-order valence-corrected chi connectivity index (χ0v) is 11.8. The fourth-order valence-electron chi connectivity index (χ4n) is 2.44. The molecule has 0 atom stereocenters. The molecule has 106 valence electrons. The lowest BCUT2D eigenvalue weighted by atomic mass is 10.0. The van der Waals surface area contributed by atoms with E-state index in [4.69, 9.17) is 4.52 Å². The molecule has 0 N–H and O–H groups in total. The summed E-state index contributed by atoms with van der Waals surface area (Å²) in [5.74, 6) is 0. The van der Waals surface area contributed by atoms with Gasteiger partial charge in [0.15, 0.2) is 5.58 Å². The van der Waals surface area contributed by atoms with Crippen LogP contribution < -0.4 is 0 Å². The van der Waals surface area contributed by atoms with E-state index in [2.05, 4.69) is 25.1 Å². The lowest BCUT2D eigenvalue weighted by Crippen LogP contribution is -1.89. The van der Waals surface area contributed by atoms with E-state index in [0.29, 0.717) is 17.0 Å². The molecule has 0 spiro atoms. The van der Waals surface area contributed by atoms with Crippen molar-refractivity contribution in [2.75, 3.05) is 0 Å². The fourth-order valence-corrected chi connectivity index (χ4v) is 2.44. The lowest BCUT2D eigenvalue weighted by Gasteiger charge is -2.04. The van der Waals surface area contributed by atoms with Gasteiger partial charge in [-0.15, -0.1) is 0 Å². The lowest BCUT2D eigenvalue weighted by molar-refractivity contribution is 0.460. The van der Waals surface area contributed by atoms with E-state index in [1.54, 1.807) is 24.8 Å². The Morgan fingerprint density at radius 3 is 2.73 bits per heavy atom. The Hall–Kier alpha value is -3.15. The van der Waals surface area contributed by atoms with Crippen molar-refractivity contribution in [3.05, 3.63) is 55.0 Å². The van der Waals surface area contributed by atoms with Crippen molar-refractivity contribution in [3.8, 4) is 22.5 Å². The first kappa shape index (κ1) is 12.6. The van der Waals surface area contributed by atoms with Crippen molar-refractivity contribution in [2.24, 2.45) is 0 Å². The highest BCUT2D eigenvalue weighted by Gasteiger charge is 2.16. The SMILES string of the molecule is Cc1ncncc1-c1cccc2c(-c3cnccn3)noc12. The Morgan fingerprint density at radius 2 is 1.91 bits per heavy atom. The quantitative estimate of drug-likeness (QED) is 0.564. The molecule has 6 nitrogen and oxygen atoms in total. The summed E-state index contributed by atoms with van der Waals surface area (Å²) < 4.78 is 5.57. The van der Waals surface area contributed by atoms with E-state index in [-0.39, 0.29) is 0 Å². The molecule has 0 bridgehead atoms. The van der Waals surface area contributed by atoms with Gasteiger partial charge in [0, 0.05) is 35.4 Å². The monoisotopic (exact) mass is 289 g/mol. The Balaban J connectivity index is 1.97. The summed E-state index contributed by atoms with van der Waals surface area (Å²) >= 11 is 0. The molecule has 0 radical (unpaired) electrons. The third-order valence-corrected chi connectivity index (χ3v) is 3.51. The zero-order valence-electron chi connectivity index (χ0n) is 11.8. The van der Waals surface area contributed by atoms with E-state index in [9.17, 15) is 0 Å². The molecule has 0 saturated heterocycles. The van der Waals surface area contributed by atoms with Crippen molar-refractivity contribution in [1.82, 2.24) is 25.1 Å². The number of nitrogens with zero attached hydrogens (tertiary/aromatic N) is 5. The van der Waals surface area contributed by atoms with Gasteiger partial charge in [0.2, 0.25) is 0 Å². The number of benzene rings is 1. The maximum atomic E-state index is 5.57. The van der Waals surface area contributed by atoms with Gasteiger partial charge in [0.1, 0.15) is 17.7 Å². The highest BCUT2D eigenvalue weighted by molar-refractivity contribution is 5.99. The molecule has 4 aromatic rings. The molecule has 0 fully saturated rings. The Kier molecular flexibility index (Phi) is 2.86. The fraction of sp³-hybridized carbons (Fsp3) is 0.0625. The standard InChI is InChI=1S/C16H11N5O/c1-10-13(7-18-9-20-10)11-3-2-4-12-15(21-22-16(11)12)14-8-17-5-6-19-14/h2-9H,1H3. The van der Waals surface area contributed by atoms with E-state index in [1.807, 2.05) is 25.1 Å². The maximum absolute atomic E-state index is 5.57. The molecule has 0 aliphatic carbocycles. The number of hydrogen-bond donors (Lipinski definition) is 0. The number of fused-ring (bicyclic) bond motifs is 1. The van der Waals surface area contributed by atoms with Gasteiger partial charge in [0.25, 0.3) is 0 Å². The average Bonchev–Trinajstić information content (AvgIpc) is 3.00. The van der Waals surface area contributed by atoms with Crippen molar-refractivity contribution >= 4 is 11.0 Å². The van der Waals surface area contributed by atoms with Gasteiger partial charge in [-0.05, 0) is 13.0 Å². The molecule has 0 aliphatic rings. The number of rotatable bonds is 2. The number of hydrogen-bond acceptors (Lipinski definition) is 6. The van der Waals surface area contributed by atoms with Crippen LogP contribution in [0.2, 0.25) is 0 Å². The molecular formula is C16H11N5O. The molecule has 3 heterocycles. The van der Waals surface area contributed by atoms with E-state index in [1.165, 1.54) is 6.33 Å². The molecule has 22 heavy (non-hydrogen) atoms. The molecule has 4 rings (SSSR count). The molecule has 1 aromatic carbocycles. The van der Waals surface area contributed by atoms with Gasteiger partial charge < -0.3 is 4.52 Å². The first-order valence-electron chi connectivity index (χ1n) is 6.76. The van der Waals surface area contributed by atoms with Crippen molar-refractivity contribution < 1.29 is 4.52 Å². The minimum absolute atomic E-state index is 0.680. The molecule has 0 unspecified atom stereocenters. The molecular weight excluding hydrogens is 278 g/mol. The summed E-state index contributed by atoms with van der Waals surface area (Å²) in [5.41, 5.74) is 4.79. The summed E-state index contributed by atoms with van der Waals surface area (Å²) in [5, 5.41) is 5.05. The largest absolute Gasteiger partial charge is 0.355 e. The molecule has 3 aromatic heterocycles. The minimum Gasteiger partial charge on any atom is -0.355 e. The smallest absolute Gasteiger partial charge is 0.175 e. The second-order valence-electron chi connectivity index (χ2n) is 4.83. The number of aromatic nitrogens is 5. The maximum Gasteiger partial charge on any atom is 0.175 e. The van der Waals surface area contributed by atoms with Crippen molar-refractivity contribution in [2.45, 2.75) is 6.92 Å². The van der Waals surface area contributed by atoms with Gasteiger partial charge in [-0.1, -0.05) is 17.3 Å². The van der Waals surface area contributed by atoms with Crippen LogP contribution in [0.4, 0.5) is 0 Å². The summed E-state index contributed by atoms with van der Waals surface area (Å²) in [6.45, 7) is 1.94. The molecule has 0 amide bonds. The first-order valence-corrected chi connectivity index (χ1v) is 6.76. The van der Waals surface area contributed by atoms with Gasteiger partial charge >= 0.3 is 0 Å². The summed E-state index contributed by atoms with van der Waals surface area (Å²) in [4.78, 5) is 16.7. The van der Waals surface area contributed by atoms with Crippen molar-refractivity contribution in [1.29, 1.82) is 0 Å². The molecule has 6 heteroatoms. The topological polar surface area (TPSA) is 77.6 Å². The van der Waals surface area contributed by atoms with Gasteiger partial charge in [-0.25, -0.2) is 9.97 Å². The zero-order chi connectivity index (χ0) is 14.9. The normalized spacial score (nSPS) is 11.0. The average molecular weight is 289 g/mol. The van der Waals surface area contributed by atoms with Crippen LogP contribution in [0.3, 0.4) is 0 Å². The van der Waals surface area contributed by atoms with Crippen LogP contribution in [-0.4, -0.2) is 25.1 Å². The second-order valence-corrected chi connectivity index (χ2v) is 4.83. The predicted molar refractivity (Wildman–Crippen MR) is 80.8 cm³/mol. The van der Waals surface area contributed by atoms with Crippen LogP contribution in [0.15, 0.2) is 53.8 Å². The van der Waals surface area contributed by atoms with Crippen LogP contribution in [0.25, 0.3) is 33.5 Å². The summed E-state index contributed by atoms with van der Waals surface area (Å²) in [6, 6.07) is 5.89. The van der Waals surface area contributed by atoms with Gasteiger partial charge in [-0.2, -0.15) is 0 Å². The number of para-hydroxylation sites is 1. The summed E-state index contributed by atoms with van der Waals surface area (Å²) in [6.07, 6.45) is 8.24. The molecule has 0 saturated carbocycles. The van der Waals surface area contributed by atoms with Crippen molar-refractivity contribution in [3.63, 3.8) is 0 Å². The third-order valence-electron chi connectivity index (χ3n) is 3.51. The van der Waals surface area contributed by atoms with Crippen LogP contribution in [0.5, 0.6) is 0 Å². The number of aryl methyl sites for hydroxylation is 1. The van der Waals surface area contributed by atoms with Crippen LogP contribution in [0, 0.1) is 6.92 Å². The van der Waals surface area contributed by atoms with Gasteiger partial charge in [0.05, 0.1) is 11.6 Å².